The average molecular weight is 333 g/mol. The first kappa shape index (κ1) is 17.1. The maximum Gasteiger partial charge on any atom is 0.0657 e. The minimum Gasteiger partial charge on any atom is -0.396 e. The second kappa shape index (κ2) is 5.58. The number of aliphatic hydroxyl groups excluding tert-OH is 1. The van der Waals surface area contributed by atoms with E-state index in [4.69, 9.17) is 0 Å². The lowest BCUT2D eigenvalue weighted by Crippen LogP contribution is -2.51. The van der Waals surface area contributed by atoms with Crippen LogP contribution in [0.4, 0.5) is 0 Å². The van der Waals surface area contributed by atoms with E-state index in [-0.39, 0.29) is 0 Å². The van der Waals surface area contributed by atoms with Crippen molar-refractivity contribution < 1.29 is 10.2 Å². The van der Waals surface area contributed by atoms with E-state index in [1.807, 2.05) is 6.92 Å². The van der Waals surface area contributed by atoms with E-state index in [0.717, 1.165) is 49.4 Å². The molecule has 3 saturated carbocycles. The smallest absolute Gasteiger partial charge is 0.0657 e. The Labute approximate surface area is 147 Å². The first-order valence-corrected chi connectivity index (χ1v) is 10.3. The first-order valence-electron chi connectivity index (χ1n) is 10.3. The molecule has 7 atom stereocenters. The fraction of sp³-hybridized carbons (Fsp3) is 0.909. The van der Waals surface area contributed by atoms with E-state index in [2.05, 4.69) is 19.9 Å². The third kappa shape index (κ3) is 2.35. The van der Waals surface area contributed by atoms with Gasteiger partial charge in [0.25, 0.3) is 0 Å². The standard InChI is InChI=1S/C22H36O2/c1-20(24)11-12-22(3)16(14-20)4-6-17-18-7-5-15(9-13-23)21(18,2)10-8-19(17)22/h4,15,17-19,23-24H,5-14H2,1-3H3/t15?,17?,18?,19?,20-,21?,22?/m0/s1. The van der Waals surface area contributed by atoms with Gasteiger partial charge in [-0.25, -0.2) is 0 Å². The van der Waals surface area contributed by atoms with Gasteiger partial charge in [-0.3, -0.25) is 0 Å². The molecule has 0 aliphatic heterocycles. The van der Waals surface area contributed by atoms with Crippen LogP contribution in [0.15, 0.2) is 11.6 Å². The predicted molar refractivity (Wildman–Crippen MR) is 97.5 cm³/mol. The number of hydrogen-bond acceptors (Lipinski definition) is 2. The summed E-state index contributed by atoms with van der Waals surface area (Å²) in [6, 6.07) is 0. The fourth-order valence-corrected chi connectivity index (χ4v) is 7.54. The fourth-order valence-electron chi connectivity index (χ4n) is 7.54. The van der Waals surface area contributed by atoms with Crippen LogP contribution < -0.4 is 0 Å². The molecule has 0 spiro atoms. The topological polar surface area (TPSA) is 40.5 Å². The first-order chi connectivity index (χ1) is 11.3. The van der Waals surface area contributed by atoms with Gasteiger partial charge in [-0.15, -0.1) is 0 Å². The summed E-state index contributed by atoms with van der Waals surface area (Å²) in [5.74, 6) is 3.24. The summed E-state index contributed by atoms with van der Waals surface area (Å²) < 4.78 is 0. The number of rotatable bonds is 2. The number of fused-ring (bicyclic) bond motifs is 5. The van der Waals surface area contributed by atoms with Crippen LogP contribution in [0, 0.1) is 34.5 Å². The Morgan fingerprint density at radius 3 is 2.58 bits per heavy atom. The van der Waals surface area contributed by atoms with Crippen molar-refractivity contribution in [2.45, 2.75) is 84.2 Å². The lowest BCUT2D eigenvalue weighted by Gasteiger charge is -2.59. The lowest BCUT2D eigenvalue weighted by atomic mass is 9.46. The third-order valence-electron chi connectivity index (χ3n) is 9.05. The summed E-state index contributed by atoms with van der Waals surface area (Å²) in [7, 11) is 0. The monoisotopic (exact) mass is 332 g/mol. The number of allylic oxidation sites excluding steroid dienone is 1. The normalized spacial score (nSPS) is 53.8. The van der Waals surface area contributed by atoms with Crippen LogP contribution in [0.25, 0.3) is 0 Å². The summed E-state index contributed by atoms with van der Waals surface area (Å²) in [4.78, 5) is 0. The van der Waals surface area contributed by atoms with Gasteiger partial charge >= 0.3 is 0 Å². The number of aliphatic hydroxyl groups is 2. The second-order valence-corrected chi connectivity index (χ2v) is 10.3. The summed E-state index contributed by atoms with van der Waals surface area (Å²) in [5.41, 5.74) is 1.88. The second-order valence-electron chi connectivity index (χ2n) is 10.3. The molecule has 0 aromatic heterocycles. The van der Waals surface area contributed by atoms with Gasteiger partial charge in [0.15, 0.2) is 0 Å². The number of hydrogen-bond donors (Lipinski definition) is 2. The maximum absolute atomic E-state index is 10.5. The summed E-state index contributed by atoms with van der Waals surface area (Å²) in [5, 5.41) is 20.0. The van der Waals surface area contributed by atoms with Crippen LogP contribution in [-0.4, -0.2) is 22.4 Å². The Hall–Kier alpha value is -0.340. The zero-order valence-electron chi connectivity index (χ0n) is 15.9. The van der Waals surface area contributed by atoms with Crippen molar-refractivity contribution in [1.82, 2.24) is 0 Å². The molecule has 0 radical (unpaired) electrons. The SMILES string of the molecule is CC12CC[C@](C)(O)CC1=CCC1C2CCC2(C)C(CCO)CCC12. The summed E-state index contributed by atoms with van der Waals surface area (Å²) in [6.45, 7) is 7.42. The Morgan fingerprint density at radius 2 is 1.83 bits per heavy atom. The molecule has 4 aliphatic carbocycles. The predicted octanol–water partition coefficient (Wildman–Crippen LogP) is 4.70. The quantitative estimate of drug-likeness (QED) is 0.720. The zero-order chi connectivity index (χ0) is 17.2. The van der Waals surface area contributed by atoms with Crippen LogP contribution in [0.3, 0.4) is 0 Å². The molecule has 3 fully saturated rings. The van der Waals surface area contributed by atoms with Gasteiger partial charge in [0.1, 0.15) is 0 Å². The molecule has 0 aromatic rings. The summed E-state index contributed by atoms with van der Waals surface area (Å²) >= 11 is 0. The van der Waals surface area contributed by atoms with Crippen molar-refractivity contribution in [1.29, 1.82) is 0 Å². The van der Waals surface area contributed by atoms with Crippen molar-refractivity contribution in [3.63, 3.8) is 0 Å². The maximum atomic E-state index is 10.5. The van der Waals surface area contributed by atoms with Gasteiger partial charge in [0.05, 0.1) is 5.60 Å². The highest BCUT2D eigenvalue weighted by Gasteiger charge is 2.58. The zero-order valence-corrected chi connectivity index (χ0v) is 15.9. The molecule has 0 aromatic carbocycles. The largest absolute Gasteiger partial charge is 0.396 e. The van der Waals surface area contributed by atoms with Gasteiger partial charge in [-0.05, 0) is 99.2 Å². The Morgan fingerprint density at radius 1 is 1.04 bits per heavy atom. The minimum absolute atomic E-state index is 0.335. The molecule has 4 rings (SSSR count). The van der Waals surface area contributed by atoms with Gasteiger partial charge in [0, 0.05) is 6.61 Å². The average Bonchev–Trinajstić information content (AvgIpc) is 2.85. The molecule has 24 heavy (non-hydrogen) atoms. The lowest BCUT2D eigenvalue weighted by molar-refractivity contribution is -0.0668. The van der Waals surface area contributed by atoms with E-state index in [0.29, 0.717) is 17.4 Å². The summed E-state index contributed by atoms with van der Waals surface area (Å²) in [6.07, 6.45) is 13.2. The van der Waals surface area contributed by atoms with E-state index in [1.54, 1.807) is 5.57 Å². The van der Waals surface area contributed by atoms with E-state index in [9.17, 15) is 10.2 Å². The van der Waals surface area contributed by atoms with Gasteiger partial charge in [-0.1, -0.05) is 25.5 Å². The van der Waals surface area contributed by atoms with Crippen molar-refractivity contribution in [3.8, 4) is 0 Å². The molecule has 6 unspecified atom stereocenters. The van der Waals surface area contributed by atoms with Gasteiger partial charge < -0.3 is 10.2 Å². The van der Waals surface area contributed by atoms with Crippen molar-refractivity contribution in [2.75, 3.05) is 6.61 Å². The molecule has 0 bridgehead atoms. The van der Waals surface area contributed by atoms with E-state index < -0.39 is 5.60 Å². The van der Waals surface area contributed by atoms with Crippen molar-refractivity contribution in [2.24, 2.45) is 34.5 Å². The van der Waals surface area contributed by atoms with Crippen molar-refractivity contribution in [3.05, 3.63) is 11.6 Å². The highest BCUT2D eigenvalue weighted by molar-refractivity contribution is 5.26. The molecular formula is C22H36O2. The van der Waals surface area contributed by atoms with Crippen LogP contribution in [0.1, 0.15) is 78.6 Å². The van der Waals surface area contributed by atoms with Crippen LogP contribution in [-0.2, 0) is 0 Å². The Bertz CT molecular complexity index is 536. The molecule has 4 aliphatic rings. The van der Waals surface area contributed by atoms with Gasteiger partial charge in [0.2, 0.25) is 0 Å². The molecule has 2 nitrogen and oxygen atoms in total. The molecule has 0 saturated heterocycles. The molecule has 2 N–H and O–H groups in total. The highest BCUT2D eigenvalue weighted by Crippen LogP contribution is 2.67. The molecular weight excluding hydrogens is 296 g/mol. The molecule has 0 amide bonds. The van der Waals surface area contributed by atoms with Crippen LogP contribution in [0.2, 0.25) is 0 Å². The van der Waals surface area contributed by atoms with Crippen molar-refractivity contribution >= 4 is 0 Å². The molecule has 136 valence electrons. The van der Waals surface area contributed by atoms with Crippen LogP contribution >= 0.6 is 0 Å². The van der Waals surface area contributed by atoms with Crippen LogP contribution in [0.5, 0.6) is 0 Å². The molecule has 2 heteroatoms. The van der Waals surface area contributed by atoms with E-state index in [1.165, 1.54) is 32.1 Å². The third-order valence-corrected chi connectivity index (χ3v) is 9.05. The van der Waals surface area contributed by atoms with Gasteiger partial charge in [-0.2, -0.15) is 0 Å². The highest BCUT2D eigenvalue weighted by atomic mass is 16.3. The van der Waals surface area contributed by atoms with E-state index >= 15 is 0 Å². The molecule has 0 heterocycles. The Balaban J connectivity index is 1.62. The Kier molecular flexibility index (Phi) is 3.97. The minimum atomic E-state index is -0.485.